The topological polar surface area (TPSA) is 13.8 Å². The van der Waals surface area contributed by atoms with Gasteiger partial charge in [-0.1, -0.05) is 96.1 Å². The minimum atomic E-state index is -0.0291. The van der Waals surface area contributed by atoms with Gasteiger partial charge in [0.05, 0.1) is 33.1 Å². The van der Waals surface area contributed by atoms with Crippen LogP contribution in [0.1, 0.15) is 52.9 Å². The van der Waals surface area contributed by atoms with Crippen molar-refractivity contribution in [3.63, 3.8) is 0 Å². The zero-order valence-electron chi connectivity index (χ0n) is 26.7. The minimum Gasteiger partial charge on any atom is -0.312 e. The van der Waals surface area contributed by atoms with E-state index in [1.807, 2.05) is 0 Å². The first-order valence-corrected chi connectivity index (χ1v) is 16.1. The fraction of sp³-hybridized carbons (Fsp3) is 0.190. The molecule has 0 saturated carbocycles. The van der Waals surface area contributed by atoms with Crippen LogP contribution in [-0.2, 0) is 10.8 Å². The number of benzene rings is 5. The van der Waals surface area contributed by atoms with Crippen LogP contribution in [0.5, 0.6) is 0 Å². The molecule has 3 nitrogen and oxygen atoms in total. The second kappa shape index (κ2) is 7.97. The maximum Gasteiger partial charge on any atom is 0.0618 e. The van der Waals surface area contributed by atoms with Crippen molar-refractivity contribution in [1.82, 2.24) is 13.4 Å². The Morgan fingerprint density at radius 1 is 0.422 bits per heavy atom. The normalized spacial score (nSPS) is 13.6. The first-order valence-electron chi connectivity index (χ1n) is 16.1. The SMILES string of the molecule is CC(C)(C)c1cc2cccc3c4cc5c6c7c8ccccc8n(-c8ccccc8)c7cc7cc(C(C)(C)C)n(c5cc4n1c23)c76. The Balaban J connectivity index is 1.50. The van der Waals surface area contributed by atoms with E-state index in [9.17, 15) is 0 Å². The van der Waals surface area contributed by atoms with Crippen molar-refractivity contribution < 1.29 is 0 Å². The van der Waals surface area contributed by atoms with Crippen molar-refractivity contribution in [3.05, 3.63) is 115 Å². The highest BCUT2D eigenvalue weighted by Gasteiger charge is 2.29. The van der Waals surface area contributed by atoms with Gasteiger partial charge in [0.15, 0.2) is 0 Å². The third kappa shape index (κ3) is 3.06. The molecule has 218 valence electrons. The summed E-state index contributed by atoms with van der Waals surface area (Å²) >= 11 is 0. The Labute approximate surface area is 261 Å². The zero-order valence-corrected chi connectivity index (χ0v) is 26.7. The lowest BCUT2D eigenvalue weighted by molar-refractivity contribution is 0.567. The highest BCUT2D eigenvalue weighted by atomic mass is 15.0. The monoisotopic (exact) mass is 581 g/mol. The van der Waals surface area contributed by atoms with Crippen LogP contribution in [0.25, 0.3) is 81.9 Å². The van der Waals surface area contributed by atoms with Crippen molar-refractivity contribution in [3.8, 4) is 5.69 Å². The van der Waals surface area contributed by atoms with Gasteiger partial charge >= 0.3 is 0 Å². The zero-order chi connectivity index (χ0) is 30.6. The van der Waals surface area contributed by atoms with Crippen molar-refractivity contribution in [2.45, 2.75) is 52.4 Å². The average molecular weight is 582 g/mol. The molecule has 0 aliphatic carbocycles. The first kappa shape index (κ1) is 25.3. The molecule has 3 heteroatoms. The van der Waals surface area contributed by atoms with E-state index in [2.05, 4.69) is 158 Å². The Hall–Kier alpha value is -5.02. The van der Waals surface area contributed by atoms with Crippen LogP contribution < -0.4 is 0 Å². The highest BCUT2D eigenvalue weighted by Crippen LogP contribution is 2.48. The van der Waals surface area contributed by atoms with Crippen LogP contribution in [0.2, 0.25) is 0 Å². The molecular weight excluding hydrogens is 546 g/mol. The van der Waals surface area contributed by atoms with Crippen LogP contribution in [-0.4, -0.2) is 13.4 Å². The molecule has 10 aromatic rings. The summed E-state index contributed by atoms with van der Waals surface area (Å²) in [5.74, 6) is 0. The first-order chi connectivity index (χ1) is 21.6. The molecule has 10 rings (SSSR count). The predicted octanol–water partition coefficient (Wildman–Crippen LogP) is 11.4. The lowest BCUT2D eigenvalue weighted by Gasteiger charge is -2.19. The maximum atomic E-state index is 2.59. The summed E-state index contributed by atoms with van der Waals surface area (Å²) in [6, 6.07) is 38.9. The molecule has 0 saturated heterocycles. The molecule has 0 N–H and O–H groups in total. The molecule has 0 fully saturated rings. The van der Waals surface area contributed by atoms with E-state index in [1.165, 1.54) is 93.3 Å². The van der Waals surface area contributed by atoms with E-state index in [0.717, 1.165) is 0 Å². The summed E-state index contributed by atoms with van der Waals surface area (Å²) in [6.07, 6.45) is 0. The molecule has 0 amide bonds. The van der Waals surface area contributed by atoms with Crippen LogP contribution in [0.3, 0.4) is 0 Å². The van der Waals surface area contributed by atoms with E-state index >= 15 is 0 Å². The van der Waals surface area contributed by atoms with Crippen LogP contribution in [0, 0.1) is 0 Å². The maximum absolute atomic E-state index is 2.59. The predicted molar refractivity (Wildman–Crippen MR) is 192 cm³/mol. The Morgan fingerprint density at radius 3 is 1.82 bits per heavy atom. The molecular formula is C42H35N3. The number of para-hydroxylation sites is 3. The number of nitrogens with zero attached hydrogens (tertiary/aromatic N) is 3. The lowest BCUT2D eigenvalue weighted by atomic mass is 9.91. The fourth-order valence-electron chi connectivity index (χ4n) is 8.38. The summed E-state index contributed by atoms with van der Waals surface area (Å²) in [6.45, 7) is 14.0. The molecule has 0 spiro atoms. The van der Waals surface area contributed by atoms with E-state index < -0.39 is 0 Å². The van der Waals surface area contributed by atoms with Gasteiger partial charge < -0.3 is 13.4 Å². The quantitative estimate of drug-likeness (QED) is 0.183. The third-order valence-corrected chi connectivity index (χ3v) is 10.3. The van der Waals surface area contributed by atoms with E-state index in [1.54, 1.807) is 0 Å². The highest BCUT2D eigenvalue weighted by molar-refractivity contribution is 6.34. The largest absolute Gasteiger partial charge is 0.312 e. The summed E-state index contributed by atoms with van der Waals surface area (Å²) < 4.78 is 7.61. The van der Waals surface area contributed by atoms with Gasteiger partial charge in [-0.25, -0.2) is 0 Å². The van der Waals surface area contributed by atoms with Crippen LogP contribution in [0.15, 0.2) is 103 Å². The number of aromatic nitrogens is 3. The van der Waals surface area contributed by atoms with Crippen molar-refractivity contribution >= 4 is 76.2 Å². The molecule has 0 aliphatic heterocycles. The van der Waals surface area contributed by atoms with Crippen molar-refractivity contribution in [2.24, 2.45) is 0 Å². The van der Waals surface area contributed by atoms with Crippen molar-refractivity contribution in [2.75, 3.05) is 0 Å². The van der Waals surface area contributed by atoms with Gasteiger partial charge in [-0.15, -0.1) is 0 Å². The second-order valence-electron chi connectivity index (χ2n) is 15.1. The van der Waals surface area contributed by atoms with E-state index in [4.69, 9.17) is 0 Å². The summed E-state index contributed by atoms with van der Waals surface area (Å²) in [7, 11) is 0. The van der Waals surface area contributed by atoms with Gasteiger partial charge in [-0.05, 0) is 48.5 Å². The van der Waals surface area contributed by atoms with Gasteiger partial charge in [0.25, 0.3) is 0 Å². The minimum absolute atomic E-state index is 0.0165. The Morgan fingerprint density at radius 2 is 1.07 bits per heavy atom. The van der Waals surface area contributed by atoms with Gasteiger partial charge in [-0.3, -0.25) is 0 Å². The molecule has 0 radical (unpaired) electrons. The lowest BCUT2D eigenvalue weighted by Crippen LogP contribution is -2.14. The molecule has 0 bridgehead atoms. The summed E-state index contributed by atoms with van der Waals surface area (Å²) in [5, 5.41) is 10.6. The molecule has 5 aromatic heterocycles. The average Bonchev–Trinajstić information content (AvgIpc) is 3.80. The summed E-state index contributed by atoms with van der Waals surface area (Å²) in [4.78, 5) is 0. The van der Waals surface area contributed by atoms with Crippen LogP contribution in [0.4, 0.5) is 0 Å². The van der Waals surface area contributed by atoms with E-state index in [-0.39, 0.29) is 10.8 Å². The molecule has 0 unspecified atom stereocenters. The Kier molecular flexibility index (Phi) is 4.49. The summed E-state index contributed by atoms with van der Waals surface area (Å²) in [5.41, 5.74) is 11.7. The molecule has 0 atom stereocenters. The molecule has 45 heavy (non-hydrogen) atoms. The van der Waals surface area contributed by atoms with Gasteiger partial charge in [0.1, 0.15) is 0 Å². The number of fused-ring (bicyclic) bond motifs is 10. The van der Waals surface area contributed by atoms with Gasteiger partial charge in [0.2, 0.25) is 0 Å². The third-order valence-electron chi connectivity index (χ3n) is 10.3. The van der Waals surface area contributed by atoms with Gasteiger partial charge in [0, 0.05) is 71.0 Å². The number of rotatable bonds is 1. The number of hydrogen-bond donors (Lipinski definition) is 0. The van der Waals surface area contributed by atoms with E-state index in [0.29, 0.717) is 0 Å². The smallest absolute Gasteiger partial charge is 0.0618 e. The standard InChI is InChI=1S/C42H35N3/c1-41(2,3)35-20-24-13-12-17-27-29-22-30-33(23-32(29)44(35)39(24)27)45-36(42(4,5)6)21-25-19-34-37(38(30)40(25)45)28-16-10-11-18-31(28)43(34)26-14-8-7-9-15-26/h7-23H,1-6H3. The Bertz CT molecular complexity index is 2810. The van der Waals surface area contributed by atoms with Crippen molar-refractivity contribution in [1.29, 1.82) is 0 Å². The molecule has 0 aliphatic rings. The van der Waals surface area contributed by atoms with Gasteiger partial charge in [-0.2, -0.15) is 0 Å². The molecule has 5 aromatic carbocycles. The molecule has 5 heterocycles. The fourth-order valence-corrected chi connectivity index (χ4v) is 8.38. The van der Waals surface area contributed by atoms with Crippen LogP contribution >= 0.6 is 0 Å². The number of hydrogen-bond acceptors (Lipinski definition) is 0. The second-order valence-corrected chi connectivity index (χ2v) is 15.1.